The van der Waals surface area contributed by atoms with Gasteiger partial charge in [-0.25, -0.2) is 4.99 Å². The lowest BCUT2D eigenvalue weighted by atomic mass is 10.2. The van der Waals surface area contributed by atoms with E-state index in [1.807, 2.05) is 36.7 Å². The van der Waals surface area contributed by atoms with E-state index in [0.29, 0.717) is 11.1 Å². The predicted octanol–water partition coefficient (Wildman–Crippen LogP) is 3.18. The fourth-order valence-corrected chi connectivity index (χ4v) is 1.65. The molecule has 0 saturated carbocycles. The van der Waals surface area contributed by atoms with Crippen LogP contribution in [0.1, 0.15) is 13.8 Å². The van der Waals surface area contributed by atoms with Crippen LogP contribution in [0.2, 0.25) is 0 Å². The molecule has 0 saturated heterocycles. The zero-order valence-electron chi connectivity index (χ0n) is 10.9. The van der Waals surface area contributed by atoms with Gasteiger partial charge in [0, 0.05) is 6.54 Å². The SMILES string of the molecule is CSC(=Nc1ccccc1NCC(C)C)NC#N. The number of amidine groups is 1. The summed E-state index contributed by atoms with van der Waals surface area (Å²) < 4.78 is 0. The molecular weight excluding hydrogens is 244 g/mol. The molecule has 0 amide bonds. The van der Waals surface area contributed by atoms with E-state index in [4.69, 9.17) is 5.26 Å². The number of hydrogen-bond acceptors (Lipinski definition) is 4. The van der Waals surface area contributed by atoms with E-state index in [0.717, 1.165) is 17.9 Å². The molecule has 0 fully saturated rings. The quantitative estimate of drug-likeness (QED) is 0.379. The maximum absolute atomic E-state index is 8.62. The fraction of sp³-hybridized carbons (Fsp3) is 0.385. The molecule has 0 aliphatic carbocycles. The van der Waals surface area contributed by atoms with Crippen LogP contribution in [-0.2, 0) is 0 Å². The monoisotopic (exact) mass is 262 g/mol. The van der Waals surface area contributed by atoms with Crippen LogP contribution in [0, 0.1) is 17.4 Å². The Morgan fingerprint density at radius 3 is 2.78 bits per heavy atom. The minimum Gasteiger partial charge on any atom is -0.383 e. The van der Waals surface area contributed by atoms with Gasteiger partial charge in [-0.05, 0) is 24.3 Å². The summed E-state index contributed by atoms with van der Waals surface area (Å²) in [7, 11) is 0. The van der Waals surface area contributed by atoms with Crippen LogP contribution in [0.3, 0.4) is 0 Å². The molecule has 96 valence electrons. The van der Waals surface area contributed by atoms with Crippen molar-refractivity contribution in [2.24, 2.45) is 10.9 Å². The zero-order chi connectivity index (χ0) is 13.4. The molecule has 0 bridgehead atoms. The molecule has 0 atom stereocenters. The standard InChI is InChI=1S/C13H18N4S/c1-10(2)8-15-11-6-4-5-7-12(11)17-13(18-3)16-9-14/h4-7,10,15H,8H2,1-3H3,(H,16,17). The molecule has 0 spiro atoms. The van der Waals surface area contributed by atoms with Crippen molar-refractivity contribution >= 4 is 28.3 Å². The van der Waals surface area contributed by atoms with E-state index in [9.17, 15) is 0 Å². The van der Waals surface area contributed by atoms with Crippen molar-refractivity contribution in [2.75, 3.05) is 18.1 Å². The maximum atomic E-state index is 8.62. The van der Waals surface area contributed by atoms with Crippen LogP contribution < -0.4 is 10.6 Å². The number of nitrogens with zero attached hydrogens (tertiary/aromatic N) is 2. The highest BCUT2D eigenvalue weighted by Crippen LogP contribution is 2.25. The Kier molecular flexibility index (Phi) is 6.09. The number of benzene rings is 1. The first-order valence-corrected chi connectivity index (χ1v) is 7.00. The number of hydrogen-bond donors (Lipinski definition) is 2. The van der Waals surface area contributed by atoms with E-state index in [1.54, 1.807) is 0 Å². The van der Waals surface area contributed by atoms with Gasteiger partial charge in [0.1, 0.15) is 0 Å². The van der Waals surface area contributed by atoms with Crippen LogP contribution in [0.15, 0.2) is 29.3 Å². The average molecular weight is 262 g/mol. The third-order valence-electron chi connectivity index (χ3n) is 2.18. The molecular formula is C13H18N4S. The summed E-state index contributed by atoms with van der Waals surface area (Å²) in [4.78, 5) is 4.43. The highest BCUT2D eigenvalue weighted by Gasteiger charge is 2.03. The van der Waals surface area contributed by atoms with E-state index in [-0.39, 0.29) is 0 Å². The smallest absolute Gasteiger partial charge is 0.183 e. The first-order chi connectivity index (χ1) is 8.67. The summed E-state index contributed by atoms with van der Waals surface area (Å²) in [6.07, 6.45) is 3.77. The second-order valence-corrected chi connectivity index (χ2v) is 4.94. The highest BCUT2D eigenvalue weighted by atomic mass is 32.2. The summed E-state index contributed by atoms with van der Waals surface area (Å²) in [5, 5.41) is 15.1. The second-order valence-electron chi connectivity index (χ2n) is 4.15. The van der Waals surface area contributed by atoms with Crippen molar-refractivity contribution in [1.29, 1.82) is 5.26 Å². The first kappa shape index (κ1) is 14.4. The van der Waals surface area contributed by atoms with Gasteiger partial charge in [-0.2, -0.15) is 5.26 Å². The number of thioether (sulfide) groups is 1. The van der Waals surface area contributed by atoms with Crippen molar-refractivity contribution in [3.8, 4) is 6.19 Å². The van der Waals surface area contributed by atoms with Gasteiger partial charge in [0.25, 0.3) is 0 Å². The van der Waals surface area contributed by atoms with Gasteiger partial charge < -0.3 is 5.32 Å². The Morgan fingerprint density at radius 1 is 1.44 bits per heavy atom. The maximum Gasteiger partial charge on any atom is 0.183 e. The van der Waals surface area contributed by atoms with Crippen LogP contribution in [0.5, 0.6) is 0 Å². The number of rotatable bonds is 4. The Morgan fingerprint density at radius 2 is 2.17 bits per heavy atom. The third kappa shape index (κ3) is 4.68. The van der Waals surface area contributed by atoms with Gasteiger partial charge in [-0.1, -0.05) is 37.7 Å². The molecule has 18 heavy (non-hydrogen) atoms. The molecule has 5 heteroatoms. The minimum atomic E-state index is 0.569. The Bertz CT molecular complexity index is 449. The van der Waals surface area contributed by atoms with Gasteiger partial charge in [0.15, 0.2) is 11.4 Å². The lowest BCUT2D eigenvalue weighted by Gasteiger charge is -2.11. The van der Waals surface area contributed by atoms with Gasteiger partial charge in [0.2, 0.25) is 0 Å². The summed E-state index contributed by atoms with van der Waals surface area (Å²) in [5.74, 6) is 0.569. The normalized spacial score (nSPS) is 11.2. The van der Waals surface area contributed by atoms with Crippen molar-refractivity contribution in [3.05, 3.63) is 24.3 Å². The van der Waals surface area contributed by atoms with Crippen LogP contribution in [0.25, 0.3) is 0 Å². The molecule has 1 aromatic rings. The van der Waals surface area contributed by atoms with Gasteiger partial charge >= 0.3 is 0 Å². The van der Waals surface area contributed by atoms with Crippen LogP contribution in [0.4, 0.5) is 11.4 Å². The molecule has 4 nitrogen and oxygen atoms in total. The Balaban J connectivity index is 2.91. The molecule has 0 heterocycles. The molecule has 0 aliphatic heterocycles. The van der Waals surface area contributed by atoms with Gasteiger partial charge in [-0.3, -0.25) is 5.32 Å². The van der Waals surface area contributed by atoms with Gasteiger partial charge in [0.05, 0.1) is 11.4 Å². The number of para-hydroxylation sites is 2. The Labute approximate surface area is 112 Å². The van der Waals surface area contributed by atoms with Crippen LogP contribution >= 0.6 is 11.8 Å². The summed E-state index contributed by atoms with van der Waals surface area (Å²) in [6.45, 7) is 5.21. The number of nitriles is 1. The number of anilines is 1. The Hall–Kier alpha value is -1.67. The third-order valence-corrected chi connectivity index (χ3v) is 2.76. The fourth-order valence-electron chi connectivity index (χ4n) is 1.32. The first-order valence-electron chi connectivity index (χ1n) is 5.78. The molecule has 0 unspecified atom stereocenters. The molecule has 2 N–H and O–H groups in total. The molecule has 0 radical (unpaired) electrons. The summed E-state index contributed by atoms with van der Waals surface area (Å²) in [6, 6.07) is 7.82. The second kappa shape index (κ2) is 7.62. The number of aliphatic imine (C=N–C) groups is 1. The van der Waals surface area contributed by atoms with Crippen LogP contribution in [-0.4, -0.2) is 18.0 Å². The molecule has 0 aromatic heterocycles. The number of nitrogens with one attached hydrogen (secondary N) is 2. The summed E-state index contributed by atoms with van der Waals surface area (Å²) >= 11 is 1.41. The van der Waals surface area contributed by atoms with E-state index in [1.165, 1.54) is 11.8 Å². The molecule has 1 rings (SSSR count). The molecule has 0 aliphatic rings. The van der Waals surface area contributed by atoms with Crippen molar-refractivity contribution in [1.82, 2.24) is 5.32 Å². The van der Waals surface area contributed by atoms with E-state index >= 15 is 0 Å². The predicted molar refractivity (Wildman–Crippen MR) is 79.1 cm³/mol. The van der Waals surface area contributed by atoms with Crippen molar-refractivity contribution < 1.29 is 0 Å². The summed E-state index contributed by atoms with van der Waals surface area (Å²) in [5.41, 5.74) is 1.82. The topological polar surface area (TPSA) is 60.2 Å². The van der Waals surface area contributed by atoms with E-state index < -0.39 is 0 Å². The minimum absolute atomic E-state index is 0.569. The van der Waals surface area contributed by atoms with Crippen molar-refractivity contribution in [2.45, 2.75) is 13.8 Å². The zero-order valence-corrected chi connectivity index (χ0v) is 11.7. The van der Waals surface area contributed by atoms with Crippen molar-refractivity contribution in [3.63, 3.8) is 0 Å². The highest BCUT2D eigenvalue weighted by molar-refractivity contribution is 8.13. The lowest BCUT2D eigenvalue weighted by molar-refractivity contribution is 0.689. The lowest BCUT2D eigenvalue weighted by Crippen LogP contribution is -2.13. The van der Waals surface area contributed by atoms with Gasteiger partial charge in [-0.15, -0.1) is 0 Å². The largest absolute Gasteiger partial charge is 0.383 e. The molecule has 1 aromatic carbocycles. The average Bonchev–Trinajstić information content (AvgIpc) is 2.37. The van der Waals surface area contributed by atoms with E-state index in [2.05, 4.69) is 29.5 Å².